The number of rotatable bonds is 2. The van der Waals surface area contributed by atoms with Crippen LogP contribution in [0.3, 0.4) is 0 Å². The van der Waals surface area contributed by atoms with Crippen molar-refractivity contribution in [1.82, 2.24) is 20.4 Å². The first-order valence-electron chi connectivity index (χ1n) is 5.69. The van der Waals surface area contributed by atoms with E-state index in [1.807, 2.05) is 20.0 Å². The first-order valence-corrected chi connectivity index (χ1v) is 5.69. The lowest BCUT2D eigenvalue weighted by atomic mass is 10.1. The molecule has 0 radical (unpaired) electrons. The van der Waals surface area contributed by atoms with Crippen LogP contribution in [0.1, 0.15) is 29.0 Å². The Bertz CT molecular complexity index is 360. The lowest BCUT2D eigenvalue weighted by Crippen LogP contribution is -2.42. The van der Waals surface area contributed by atoms with Crippen molar-refractivity contribution in [3.8, 4) is 0 Å². The standard InChI is InChI=1S/C11H18N4O/c1-8-7-10(14-15(8)2)11(16)13-9-3-5-12-6-4-9/h7,9,12H,3-6H2,1-2H3,(H,13,16). The Morgan fingerprint density at radius 3 is 2.81 bits per heavy atom. The van der Waals surface area contributed by atoms with Gasteiger partial charge in [-0.1, -0.05) is 0 Å². The molecular weight excluding hydrogens is 204 g/mol. The van der Waals surface area contributed by atoms with Crippen molar-refractivity contribution in [1.29, 1.82) is 0 Å². The van der Waals surface area contributed by atoms with Gasteiger partial charge in [-0.3, -0.25) is 9.48 Å². The Labute approximate surface area is 95.2 Å². The third-order valence-electron chi connectivity index (χ3n) is 3.02. The molecule has 0 saturated carbocycles. The minimum atomic E-state index is -0.0596. The van der Waals surface area contributed by atoms with Gasteiger partial charge < -0.3 is 10.6 Å². The largest absolute Gasteiger partial charge is 0.348 e. The van der Waals surface area contributed by atoms with Gasteiger partial charge in [0.15, 0.2) is 0 Å². The first kappa shape index (κ1) is 11.1. The van der Waals surface area contributed by atoms with Crippen LogP contribution in [0.2, 0.25) is 0 Å². The predicted octanol–water partition coefficient (Wildman–Crippen LogP) is 0.210. The van der Waals surface area contributed by atoms with E-state index in [9.17, 15) is 4.79 Å². The number of aryl methyl sites for hydroxylation is 2. The molecule has 5 nitrogen and oxygen atoms in total. The second kappa shape index (κ2) is 4.65. The van der Waals surface area contributed by atoms with Crippen LogP contribution in [0, 0.1) is 6.92 Å². The summed E-state index contributed by atoms with van der Waals surface area (Å²) in [7, 11) is 1.84. The number of nitrogens with one attached hydrogen (secondary N) is 2. The topological polar surface area (TPSA) is 59.0 Å². The Morgan fingerprint density at radius 1 is 1.56 bits per heavy atom. The highest BCUT2D eigenvalue weighted by molar-refractivity contribution is 5.92. The number of carbonyl (C=O) groups excluding carboxylic acids is 1. The molecule has 1 fully saturated rings. The second-order valence-electron chi connectivity index (χ2n) is 4.29. The quantitative estimate of drug-likeness (QED) is 0.752. The first-order chi connectivity index (χ1) is 7.66. The highest BCUT2D eigenvalue weighted by atomic mass is 16.2. The molecule has 0 unspecified atom stereocenters. The molecular formula is C11H18N4O. The van der Waals surface area contributed by atoms with Crippen molar-refractivity contribution in [3.63, 3.8) is 0 Å². The highest BCUT2D eigenvalue weighted by Crippen LogP contribution is 2.05. The summed E-state index contributed by atoms with van der Waals surface area (Å²) in [6.07, 6.45) is 2.00. The molecule has 0 bridgehead atoms. The van der Waals surface area contributed by atoms with Crippen molar-refractivity contribution in [2.24, 2.45) is 7.05 Å². The van der Waals surface area contributed by atoms with Crippen LogP contribution in [-0.4, -0.2) is 34.8 Å². The van der Waals surface area contributed by atoms with E-state index in [0.29, 0.717) is 5.69 Å². The molecule has 2 rings (SSSR count). The van der Waals surface area contributed by atoms with Gasteiger partial charge >= 0.3 is 0 Å². The molecule has 5 heteroatoms. The fraction of sp³-hybridized carbons (Fsp3) is 0.636. The van der Waals surface area contributed by atoms with Gasteiger partial charge in [-0.2, -0.15) is 5.10 Å². The number of aromatic nitrogens is 2. The van der Waals surface area contributed by atoms with Gasteiger partial charge in [0.1, 0.15) is 5.69 Å². The molecule has 0 atom stereocenters. The van der Waals surface area contributed by atoms with E-state index < -0.39 is 0 Å². The van der Waals surface area contributed by atoms with Gasteiger partial charge in [-0.25, -0.2) is 0 Å². The lowest BCUT2D eigenvalue weighted by molar-refractivity contribution is 0.0924. The zero-order chi connectivity index (χ0) is 11.5. The SMILES string of the molecule is Cc1cc(C(=O)NC2CCNCC2)nn1C. The van der Waals surface area contributed by atoms with E-state index in [1.54, 1.807) is 4.68 Å². The molecule has 2 N–H and O–H groups in total. The van der Waals surface area contributed by atoms with Crippen molar-refractivity contribution >= 4 is 5.91 Å². The summed E-state index contributed by atoms with van der Waals surface area (Å²) in [5.41, 5.74) is 1.51. The molecule has 1 aliphatic heterocycles. The summed E-state index contributed by atoms with van der Waals surface area (Å²) in [5.74, 6) is -0.0596. The van der Waals surface area contributed by atoms with E-state index in [0.717, 1.165) is 31.6 Å². The van der Waals surface area contributed by atoms with E-state index in [1.165, 1.54) is 0 Å². The summed E-state index contributed by atoms with van der Waals surface area (Å²) in [6, 6.07) is 2.10. The zero-order valence-electron chi connectivity index (χ0n) is 9.79. The molecule has 0 aliphatic carbocycles. The number of piperidine rings is 1. The number of carbonyl (C=O) groups is 1. The molecule has 0 spiro atoms. The number of amides is 1. The molecule has 1 saturated heterocycles. The van der Waals surface area contributed by atoms with Gasteiger partial charge in [-0.15, -0.1) is 0 Å². The fourth-order valence-electron chi connectivity index (χ4n) is 1.90. The van der Waals surface area contributed by atoms with E-state index in [2.05, 4.69) is 15.7 Å². The molecule has 1 aromatic heterocycles. The third kappa shape index (κ3) is 2.41. The van der Waals surface area contributed by atoms with Gasteiger partial charge in [0, 0.05) is 18.8 Å². The summed E-state index contributed by atoms with van der Waals surface area (Å²) >= 11 is 0. The highest BCUT2D eigenvalue weighted by Gasteiger charge is 2.18. The van der Waals surface area contributed by atoms with Crippen LogP contribution in [0.4, 0.5) is 0 Å². The van der Waals surface area contributed by atoms with Crippen LogP contribution in [0.5, 0.6) is 0 Å². The Kier molecular flexibility index (Phi) is 3.24. The molecule has 16 heavy (non-hydrogen) atoms. The monoisotopic (exact) mass is 222 g/mol. The summed E-state index contributed by atoms with van der Waals surface area (Å²) < 4.78 is 1.72. The second-order valence-corrected chi connectivity index (χ2v) is 4.29. The maximum atomic E-state index is 11.9. The van der Waals surface area contributed by atoms with Gasteiger partial charge in [0.05, 0.1) is 0 Å². The number of nitrogens with zero attached hydrogens (tertiary/aromatic N) is 2. The molecule has 1 aromatic rings. The predicted molar refractivity (Wildman–Crippen MR) is 61.3 cm³/mol. The maximum Gasteiger partial charge on any atom is 0.272 e. The normalized spacial score (nSPS) is 17.4. The van der Waals surface area contributed by atoms with Gasteiger partial charge in [0.25, 0.3) is 5.91 Å². The average molecular weight is 222 g/mol. The van der Waals surface area contributed by atoms with Crippen LogP contribution in [0.25, 0.3) is 0 Å². The van der Waals surface area contributed by atoms with Crippen molar-refractivity contribution in [2.75, 3.05) is 13.1 Å². The van der Waals surface area contributed by atoms with E-state index in [4.69, 9.17) is 0 Å². The molecule has 1 aliphatic rings. The Hall–Kier alpha value is -1.36. The van der Waals surface area contributed by atoms with Crippen LogP contribution < -0.4 is 10.6 Å². The maximum absolute atomic E-state index is 11.9. The fourth-order valence-corrected chi connectivity index (χ4v) is 1.90. The van der Waals surface area contributed by atoms with Crippen LogP contribution in [-0.2, 0) is 7.05 Å². The lowest BCUT2D eigenvalue weighted by Gasteiger charge is -2.23. The van der Waals surface area contributed by atoms with Crippen molar-refractivity contribution in [3.05, 3.63) is 17.5 Å². The van der Waals surface area contributed by atoms with E-state index >= 15 is 0 Å². The minimum absolute atomic E-state index is 0.0596. The Balaban J connectivity index is 1.96. The van der Waals surface area contributed by atoms with Crippen LogP contribution in [0.15, 0.2) is 6.07 Å². The minimum Gasteiger partial charge on any atom is -0.348 e. The average Bonchev–Trinajstić information content (AvgIpc) is 2.61. The smallest absolute Gasteiger partial charge is 0.272 e. The molecule has 88 valence electrons. The third-order valence-corrected chi connectivity index (χ3v) is 3.02. The summed E-state index contributed by atoms with van der Waals surface area (Å²) in [5, 5.41) is 10.5. The zero-order valence-corrected chi connectivity index (χ0v) is 9.79. The Morgan fingerprint density at radius 2 is 2.25 bits per heavy atom. The number of hydrogen-bond donors (Lipinski definition) is 2. The molecule has 0 aromatic carbocycles. The van der Waals surface area contributed by atoms with Crippen molar-refractivity contribution in [2.45, 2.75) is 25.8 Å². The summed E-state index contributed by atoms with van der Waals surface area (Å²) in [6.45, 7) is 3.90. The molecule has 1 amide bonds. The van der Waals surface area contributed by atoms with Crippen LogP contribution >= 0.6 is 0 Å². The van der Waals surface area contributed by atoms with Gasteiger partial charge in [0.2, 0.25) is 0 Å². The number of hydrogen-bond acceptors (Lipinski definition) is 3. The van der Waals surface area contributed by atoms with Crippen molar-refractivity contribution < 1.29 is 4.79 Å². The summed E-state index contributed by atoms with van der Waals surface area (Å²) in [4.78, 5) is 11.9. The molecule has 2 heterocycles. The van der Waals surface area contributed by atoms with E-state index in [-0.39, 0.29) is 11.9 Å². The van der Waals surface area contributed by atoms with Gasteiger partial charge in [-0.05, 0) is 38.9 Å².